The molecule has 78 valence electrons. The quantitative estimate of drug-likeness (QED) is 0.680. The van der Waals surface area contributed by atoms with Gasteiger partial charge in [-0.1, -0.05) is 0 Å². The van der Waals surface area contributed by atoms with E-state index in [1.165, 1.54) is 0 Å². The Bertz CT molecular complexity index is 144. The summed E-state index contributed by atoms with van der Waals surface area (Å²) in [5.74, 6) is 0. The van der Waals surface area contributed by atoms with Gasteiger partial charge in [-0.25, -0.2) is 0 Å². The van der Waals surface area contributed by atoms with Crippen LogP contribution in [0.4, 0.5) is 0 Å². The molecule has 1 heterocycles. The molecule has 1 fully saturated rings. The molecule has 3 nitrogen and oxygen atoms in total. The summed E-state index contributed by atoms with van der Waals surface area (Å²) in [5, 5.41) is 6.83. The smallest absolute Gasteiger partial charge is 0.0483 e. The van der Waals surface area contributed by atoms with Crippen LogP contribution in [0.25, 0.3) is 0 Å². The highest BCUT2D eigenvalue weighted by molar-refractivity contribution is 4.86. The van der Waals surface area contributed by atoms with Gasteiger partial charge in [0.05, 0.1) is 0 Å². The van der Waals surface area contributed by atoms with Crippen molar-refractivity contribution in [3.8, 4) is 0 Å². The molecule has 0 aromatic heterocycles. The Hall–Kier alpha value is -0.120. The van der Waals surface area contributed by atoms with Crippen LogP contribution in [0.5, 0.6) is 0 Å². The van der Waals surface area contributed by atoms with Gasteiger partial charge in [0, 0.05) is 31.3 Å². The lowest BCUT2D eigenvalue weighted by Crippen LogP contribution is -2.50. The van der Waals surface area contributed by atoms with E-state index in [9.17, 15) is 0 Å². The molecule has 1 saturated heterocycles. The van der Waals surface area contributed by atoms with Crippen molar-refractivity contribution in [1.82, 2.24) is 10.6 Å². The summed E-state index contributed by atoms with van der Waals surface area (Å²) in [6, 6.07) is 0.541. The van der Waals surface area contributed by atoms with Crippen molar-refractivity contribution in [2.45, 2.75) is 38.3 Å². The fourth-order valence-corrected chi connectivity index (χ4v) is 1.50. The molecule has 1 aliphatic rings. The second-order valence-electron chi connectivity index (χ2n) is 4.24. The molecule has 13 heavy (non-hydrogen) atoms. The third-order valence-electron chi connectivity index (χ3n) is 2.92. The van der Waals surface area contributed by atoms with Gasteiger partial charge in [0.15, 0.2) is 0 Å². The zero-order chi connectivity index (χ0) is 9.73. The number of ether oxygens (including phenoxy) is 1. The van der Waals surface area contributed by atoms with Gasteiger partial charge in [-0.15, -0.1) is 0 Å². The number of likely N-dealkylation sites (N-methyl/N-ethyl adjacent to an activating group) is 1. The van der Waals surface area contributed by atoms with E-state index in [-0.39, 0.29) is 0 Å². The van der Waals surface area contributed by atoms with E-state index < -0.39 is 0 Å². The van der Waals surface area contributed by atoms with E-state index in [0.29, 0.717) is 11.6 Å². The lowest BCUT2D eigenvalue weighted by Gasteiger charge is -2.35. The summed E-state index contributed by atoms with van der Waals surface area (Å²) in [7, 11) is 2.00. The zero-order valence-corrected chi connectivity index (χ0v) is 9.02. The number of hydrogen-bond acceptors (Lipinski definition) is 3. The fourth-order valence-electron chi connectivity index (χ4n) is 1.50. The van der Waals surface area contributed by atoms with Gasteiger partial charge in [-0.05, 0) is 33.7 Å². The molecule has 1 rings (SSSR count). The molecule has 0 aromatic rings. The van der Waals surface area contributed by atoms with Gasteiger partial charge < -0.3 is 15.4 Å². The molecule has 0 radical (unpaired) electrons. The van der Waals surface area contributed by atoms with Crippen LogP contribution in [0.2, 0.25) is 0 Å². The largest absolute Gasteiger partial charge is 0.381 e. The monoisotopic (exact) mass is 186 g/mol. The van der Waals surface area contributed by atoms with Crippen molar-refractivity contribution in [1.29, 1.82) is 0 Å². The minimum absolute atomic E-state index is 0.295. The second kappa shape index (κ2) is 4.94. The minimum Gasteiger partial charge on any atom is -0.381 e. The lowest BCUT2D eigenvalue weighted by molar-refractivity contribution is 0.0447. The summed E-state index contributed by atoms with van der Waals surface area (Å²) < 4.78 is 5.34. The first kappa shape index (κ1) is 11.0. The SMILES string of the molecule is CNC(C)CNC1(C)CCOCC1. The van der Waals surface area contributed by atoms with Crippen LogP contribution >= 0.6 is 0 Å². The van der Waals surface area contributed by atoms with E-state index in [1.807, 2.05) is 7.05 Å². The van der Waals surface area contributed by atoms with Gasteiger partial charge in [0.1, 0.15) is 0 Å². The van der Waals surface area contributed by atoms with Crippen molar-refractivity contribution < 1.29 is 4.74 Å². The molecule has 0 aliphatic carbocycles. The van der Waals surface area contributed by atoms with Crippen LogP contribution < -0.4 is 10.6 Å². The van der Waals surface area contributed by atoms with Crippen molar-refractivity contribution in [3.63, 3.8) is 0 Å². The number of rotatable bonds is 4. The van der Waals surface area contributed by atoms with Gasteiger partial charge in [0.2, 0.25) is 0 Å². The average Bonchev–Trinajstić information content (AvgIpc) is 2.15. The van der Waals surface area contributed by atoms with Crippen molar-refractivity contribution >= 4 is 0 Å². The third-order valence-corrected chi connectivity index (χ3v) is 2.92. The maximum atomic E-state index is 5.34. The van der Waals surface area contributed by atoms with Crippen molar-refractivity contribution in [3.05, 3.63) is 0 Å². The molecule has 3 heteroatoms. The lowest BCUT2D eigenvalue weighted by atomic mass is 9.92. The topological polar surface area (TPSA) is 33.3 Å². The first-order chi connectivity index (χ1) is 6.16. The van der Waals surface area contributed by atoms with Crippen molar-refractivity contribution in [2.24, 2.45) is 0 Å². The van der Waals surface area contributed by atoms with Crippen LogP contribution in [0.15, 0.2) is 0 Å². The van der Waals surface area contributed by atoms with Crippen LogP contribution in [0, 0.1) is 0 Å². The first-order valence-electron chi connectivity index (χ1n) is 5.16. The summed E-state index contributed by atoms with van der Waals surface area (Å²) in [6.45, 7) is 7.31. The summed E-state index contributed by atoms with van der Waals surface area (Å²) in [4.78, 5) is 0. The highest BCUT2D eigenvalue weighted by atomic mass is 16.5. The van der Waals surface area contributed by atoms with E-state index >= 15 is 0 Å². The highest BCUT2D eigenvalue weighted by Gasteiger charge is 2.26. The molecule has 0 amide bonds. The predicted octanol–water partition coefficient (Wildman–Crippen LogP) is 0.753. The van der Waals surface area contributed by atoms with E-state index in [4.69, 9.17) is 4.74 Å². The van der Waals surface area contributed by atoms with Crippen LogP contribution in [-0.4, -0.2) is 38.4 Å². The van der Waals surface area contributed by atoms with Crippen LogP contribution in [0.1, 0.15) is 26.7 Å². The molecule has 0 saturated carbocycles. The Balaban J connectivity index is 2.24. The molecule has 1 unspecified atom stereocenters. The Kier molecular flexibility index (Phi) is 4.16. The Morgan fingerprint density at radius 1 is 1.38 bits per heavy atom. The molecule has 1 atom stereocenters. The third kappa shape index (κ3) is 3.63. The standard InChI is InChI=1S/C10H22N2O/c1-9(11-3)8-12-10(2)4-6-13-7-5-10/h9,11-12H,4-8H2,1-3H3. The average molecular weight is 186 g/mol. The second-order valence-corrected chi connectivity index (χ2v) is 4.24. The number of hydrogen-bond donors (Lipinski definition) is 2. The molecule has 0 bridgehead atoms. The molecule has 1 aliphatic heterocycles. The summed E-state index contributed by atoms with van der Waals surface area (Å²) in [5.41, 5.74) is 0.295. The van der Waals surface area contributed by atoms with Gasteiger partial charge in [0.25, 0.3) is 0 Å². The van der Waals surface area contributed by atoms with E-state index in [1.54, 1.807) is 0 Å². The van der Waals surface area contributed by atoms with Gasteiger partial charge in [-0.2, -0.15) is 0 Å². The molecule has 0 aromatic carbocycles. The fraction of sp³-hybridized carbons (Fsp3) is 1.00. The minimum atomic E-state index is 0.295. The summed E-state index contributed by atoms with van der Waals surface area (Å²) >= 11 is 0. The maximum absolute atomic E-state index is 5.34. The Morgan fingerprint density at radius 2 is 2.00 bits per heavy atom. The molecule has 0 spiro atoms. The maximum Gasteiger partial charge on any atom is 0.0483 e. The summed E-state index contributed by atoms with van der Waals surface area (Å²) in [6.07, 6.45) is 2.26. The Morgan fingerprint density at radius 3 is 2.54 bits per heavy atom. The normalized spacial score (nSPS) is 24.2. The molecular weight excluding hydrogens is 164 g/mol. The van der Waals surface area contributed by atoms with Crippen LogP contribution in [-0.2, 0) is 4.74 Å². The van der Waals surface area contributed by atoms with Gasteiger partial charge >= 0.3 is 0 Å². The number of nitrogens with one attached hydrogen (secondary N) is 2. The molecular formula is C10H22N2O. The van der Waals surface area contributed by atoms with E-state index in [2.05, 4.69) is 24.5 Å². The van der Waals surface area contributed by atoms with Crippen LogP contribution in [0.3, 0.4) is 0 Å². The van der Waals surface area contributed by atoms with Gasteiger partial charge in [-0.3, -0.25) is 0 Å². The highest BCUT2D eigenvalue weighted by Crippen LogP contribution is 2.19. The zero-order valence-electron chi connectivity index (χ0n) is 9.02. The predicted molar refractivity (Wildman–Crippen MR) is 55.0 cm³/mol. The molecule has 2 N–H and O–H groups in total. The first-order valence-corrected chi connectivity index (χ1v) is 5.16. The van der Waals surface area contributed by atoms with E-state index in [0.717, 1.165) is 32.6 Å². The Labute approximate surface area is 81.2 Å². The van der Waals surface area contributed by atoms with Crippen molar-refractivity contribution in [2.75, 3.05) is 26.8 Å².